The number of piperidine rings is 1. The molecule has 1 aliphatic heterocycles. The number of ether oxygens (including phenoxy) is 1. The van der Waals surface area contributed by atoms with Gasteiger partial charge in [-0.2, -0.15) is 0 Å². The van der Waals surface area contributed by atoms with Gasteiger partial charge < -0.3 is 20.3 Å². The maximum Gasteiger partial charge on any atom is 0.321 e. The van der Waals surface area contributed by atoms with Crippen LogP contribution in [0, 0.1) is 12.8 Å². The van der Waals surface area contributed by atoms with Crippen LogP contribution in [0.5, 0.6) is 5.75 Å². The number of carbonyl (C=O) groups excluding carboxylic acids is 2. The fraction of sp³-hybridized carbons (Fsp3) is 0.391. The number of carbonyl (C=O) groups is 2. The number of rotatable bonds is 7. The van der Waals surface area contributed by atoms with E-state index in [1.165, 1.54) is 0 Å². The molecule has 6 nitrogen and oxygen atoms in total. The van der Waals surface area contributed by atoms with Crippen LogP contribution in [-0.4, -0.2) is 43.1 Å². The molecule has 0 atom stereocenters. The molecule has 1 aliphatic rings. The number of para-hydroxylation sites is 1. The molecule has 0 bridgehead atoms. The van der Waals surface area contributed by atoms with E-state index in [1.807, 2.05) is 66.4 Å². The Kier molecular flexibility index (Phi) is 7.50. The quantitative estimate of drug-likeness (QED) is 0.749. The highest BCUT2D eigenvalue weighted by atomic mass is 16.5. The first kappa shape index (κ1) is 20.7. The molecule has 0 unspecified atom stereocenters. The minimum Gasteiger partial charge on any atom is -0.484 e. The van der Waals surface area contributed by atoms with Gasteiger partial charge in [0.2, 0.25) is 0 Å². The van der Waals surface area contributed by atoms with Crippen molar-refractivity contribution in [1.82, 2.24) is 10.2 Å². The summed E-state index contributed by atoms with van der Waals surface area (Å²) in [6, 6.07) is 17.1. The molecule has 6 heteroatoms. The fourth-order valence-corrected chi connectivity index (χ4v) is 3.47. The summed E-state index contributed by atoms with van der Waals surface area (Å²) in [6.07, 6.45) is 2.83. The second-order valence-corrected chi connectivity index (χ2v) is 7.47. The molecule has 29 heavy (non-hydrogen) atoms. The van der Waals surface area contributed by atoms with Gasteiger partial charge in [0, 0.05) is 25.3 Å². The van der Waals surface area contributed by atoms with Gasteiger partial charge in [-0.3, -0.25) is 4.79 Å². The number of hydrogen-bond donors (Lipinski definition) is 2. The number of hydrogen-bond acceptors (Lipinski definition) is 3. The number of nitrogens with one attached hydrogen (secondary N) is 2. The molecule has 2 aromatic carbocycles. The van der Waals surface area contributed by atoms with Crippen LogP contribution in [0.15, 0.2) is 54.6 Å². The highest BCUT2D eigenvalue weighted by Gasteiger charge is 2.22. The maximum absolute atomic E-state index is 12.3. The standard InChI is InChI=1S/C23H29N3O3/c1-18-6-5-9-21(16-18)29-17-22(27)24-13-10-19-11-14-26(15-12-19)23(28)25-20-7-3-2-4-8-20/h2-9,16,19H,10-15,17H2,1H3,(H,24,27)(H,25,28). The molecule has 1 fully saturated rings. The van der Waals surface area contributed by atoms with Crippen molar-refractivity contribution in [2.45, 2.75) is 26.2 Å². The highest BCUT2D eigenvalue weighted by molar-refractivity contribution is 5.89. The lowest BCUT2D eigenvalue weighted by Gasteiger charge is -2.32. The van der Waals surface area contributed by atoms with Crippen LogP contribution < -0.4 is 15.4 Å². The Labute approximate surface area is 172 Å². The zero-order chi connectivity index (χ0) is 20.5. The Morgan fingerprint density at radius 2 is 1.83 bits per heavy atom. The minimum absolute atomic E-state index is 0.0293. The van der Waals surface area contributed by atoms with Crippen molar-refractivity contribution in [3.05, 3.63) is 60.2 Å². The van der Waals surface area contributed by atoms with Gasteiger partial charge in [-0.25, -0.2) is 4.79 Å². The molecule has 0 aromatic heterocycles. The van der Waals surface area contributed by atoms with Crippen LogP contribution in [0.4, 0.5) is 10.5 Å². The summed E-state index contributed by atoms with van der Waals surface area (Å²) in [6.45, 7) is 4.14. The third-order valence-electron chi connectivity index (χ3n) is 5.16. The van der Waals surface area contributed by atoms with E-state index in [1.54, 1.807) is 0 Å². The summed E-state index contributed by atoms with van der Waals surface area (Å²) in [7, 11) is 0. The molecule has 3 rings (SSSR count). The Morgan fingerprint density at radius 3 is 2.55 bits per heavy atom. The third kappa shape index (κ3) is 6.82. The molecule has 0 spiro atoms. The van der Waals surface area contributed by atoms with E-state index in [0.29, 0.717) is 18.2 Å². The molecule has 2 aromatic rings. The van der Waals surface area contributed by atoms with E-state index >= 15 is 0 Å². The molecule has 0 radical (unpaired) electrons. The van der Waals surface area contributed by atoms with Gasteiger partial charge >= 0.3 is 6.03 Å². The van der Waals surface area contributed by atoms with Crippen molar-refractivity contribution >= 4 is 17.6 Å². The molecule has 3 amide bonds. The molecule has 1 saturated heterocycles. The van der Waals surface area contributed by atoms with Gasteiger partial charge in [-0.05, 0) is 61.9 Å². The number of urea groups is 1. The molecular weight excluding hydrogens is 366 g/mol. The topological polar surface area (TPSA) is 70.7 Å². The van der Waals surface area contributed by atoms with Crippen LogP contribution in [0.2, 0.25) is 0 Å². The first-order valence-electron chi connectivity index (χ1n) is 10.2. The van der Waals surface area contributed by atoms with Gasteiger partial charge in [0.15, 0.2) is 6.61 Å². The monoisotopic (exact) mass is 395 g/mol. The molecule has 2 N–H and O–H groups in total. The Balaban J connectivity index is 1.29. The average molecular weight is 396 g/mol. The van der Waals surface area contributed by atoms with Crippen LogP contribution >= 0.6 is 0 Å². The average Bonchev–Trinajstić information content (AvgIpc) is 2.73. The second kappa shape index (κ2) is 10.5. The summed E-state index contributed by atoms with van der Waals surface area (Å²) in [5, 5.41) is 5.86. The summed E-state index contributed by atoms with van der Waals surface area (Å²) in [5.74, 6) is 1.13. The maximum atomic E-state index is 12.3. The predicted octanol–water partition coefficient (Wildman–Crippen LogP) is 3.82. The van der Waals surface area contributed by atoms with Crippen molar-refractivity contribution in [2.24, 2.45) is 5.92 Å². The predicted molar refractivity (Wildman–Crippen MR) is 114 cm³/mol. The molecule has 0 aliphatic carbocycles. The smallest absolute Gasteiger partial charge is 0.321 e. The largest absolute Gasteiger partial charge is 0.484 e. The first-order valence-corrected chi connectivity index (χ1v) is 10.2. The van der Waals surface area contributed by atoms with E-state index in [-0.39, 0.29) is 18.5 Å². The zero-order valence-electron chi connectivity index (χ0n) is 16.9. The SMILES string of the molecule is Cc1cccc(OCC(=O)NCCC2CCN(C(=O)Nc3ccccc3)CC2)c1. The summed E-state index contributed by atoms with van der Waals surface area (Å²) < 4.78 is 5.52. The number of benzene rings is 2. The number of nitrogens with zero attached hydrogens (tertiary/aromatic N) is 1. The van der Waals surface area contributed by atoms with Gasteiger partial charge in [-0.1, -0.05) is 30.3 Å². The lowest BCUT2D eigenvalue weighted by molar-refractivity contribution is -0.123. The van der Waals surface area contributed by atoms with E-state index < -0.39 is 0 Å². The summed E-state index contributed by atoms with van der Waals surface area (Å²) >= 11 is 0. The molecule has 1 heterocycles. The number of likely N-dealkylation sites (tertiary alicyclic amines) is 1. The van der Waals surface area contributed by atoms with Crippen molar-refractivity contribution in [2.75, 3.05) is 31.6 Å². The minimum atomic E-state index is -0.105. The Morgan fingerprint density at radius 1 is 1.07 bits per heavy atom. The van der Waals surface area contributed by atoms with E-state index in [0.717, 1.165) is 43.6 Å². The Hall–Kier alpha value is -3.02. The van der Waals surface area contributed by atoms with Crippen LogP contribution in [0.1, 0.15) is 24.8 Å². The fourth-order valence-electron chi connectivity index (χ4n) is 3.47. The molecule has 154 valence electrons. The van der Waals surface area contributed by atoms with Crippen LogP contribution in [0.25, 0.3) is 0 Å². The van der Waals surface area contributed by atoms with Crippen LogP contribution in [0.3, 0.4) is 0 Å². The normalized spacial score (nSPS) is 14.3. The van der Waals surface area contributed by atoms with Crippen molar-refractivity contribution in [1.29, 1.82) is 0 Å². The third-order valence-corrected chi connectivity index (χ3v) is 5.16. The second-order valence-electron chi connectivity index (χ2n) is 7.47. The molecule has 0 saturated carbocycles. The van der Waals surface area contributed by atoms with Crippen molar-refractivity contribution < 1.29 is 14.3 Å². The van der Waals surface area contributed by atoms with Gasteiger partial charge in [0.05, 0.1) is 0 Å². The first-order chi connectivity index (χ1) is 14.1. The van der Waals surface area contributed by atoms with E-state index in [9.17, 15) is 9.59 Å². The van der Waals surface area contributed by atoms with Gasteiger partial charge in [-0.15, -0.1) is 0 Å². The number of aryl methyl sites for hydroxylation is 1. The van der Waals surface area contributed by atoms with Crippen LogP contribution in [-0.2, 0) is 4.79 Å². The van der Waals surface area contributed by atoms with Gasteiger partial charge in [0.25, 0.3) is 5.91 Å². The van der Waals surface area contributed by atoms with Crippen molar-refractivity contribution in [3.8, 4) is 5.75 Å². The van der Waals surface area contributed by atoms with E-state index in [2.05, 4.69) is 10.6 Å². The number of amides is 3. The number of anilines is 1. The lowest BCUT2D eigenvalue weighted by atomic mass is 9.94. The lowest BCUT2D eigenvalue weighted by Crippen LogP contribution is -2.41. The van der Waals surface area contributed by atoms with Gasteiger partial charge in [0.1, 0.15) is 5.75 Å². The molecular formula is C23H29N3O3. The van der Waals surface area contributed by atoms with E-state index in [4.69, 9.17) is 4.74 Å². The Bertz CT molecular complexity index is 802. The summed E-state index contributed by atoms with van der Waals surface area (Å²) in [4.78, 5) is 26.2. The highest BCUT2D eigenvalue weighted by Crippen LogP contribution is 2.21. The van der Waals surface area contributed by atoms with Crippen molar-refractivity contribution in [3.63, 3.8) is 0 Å². The zero-order valence-corrected chi connectivity index (χ0v) is 16.9. The summed E-state index contributed by atoms with van der Waals surface area (Å²) in [5.41, 5.74) is 1.92.